The van der Waals surface area contributed by atoms with Crippen LogP contribution in [0.15, 0.2) is 18.3 Å². The first-order chi connectivity index (χ1) is 3.79. The van der Waals surface area contributed by atoms with Gasteiger partial charge in [-0.15, -0.1) is 0 Å². The molecule has 0 radical (unpaired) electrons. The topological polar surface area (TPSA) is 12.9 Å². The molecule has 0 N–H and O–H groups in total. The van der Waals surface area contributed by atoms with Gasteiger partial charge in [0, 0.05) is 11.9 Å². The molecule has 1 heterocycles. The Kier molecular flexibility index (Phi) is 3.72. The van der Waals surface area contributed by atoms with Crippen molar-refractivity contribution < 1.29 is 21.1 Å². The summed E-state index contributed by atoms with van der Waals surface area (Å²) >= 11 is 0. The molecule has 0 aliphatic heterocycles. The van der Waals surface area contributed by atoms with E-state index in [0.717, 1.165) is 5.69 Å². The molecular formula is C7H9NPt+2. The number of hydrogen-bond acceptors (Lipinski definition) is 1. The van der Waals surface area contributed by atoms with E-state index in [4.69, 9.17) is 0 Å². The SMILES string of the molecule is Cc1ccnc(C)c1.[Pt+2]. The van der Waals surface area contributed by atoms with Gasteiger partial charge in [-0.25, -0.2) is 0 Å². The van der Waals surface area contributed by atoms with Crippen LogP contribution in [0.3, 0.4) is 0 Å². The van der Waals surface area contributed by atoms with Gasteiger partial charge in [0.15, 0.2) is 0 Å². The molecule has 0 aliphatic carbocycles. The summed E-state index contributed by atoms with van der Waals surface area (Å²) in [7, 11) is 0. The van der Waals surface area contributed by atoms with Gasteiger partial charge in [0.1, 0.15) is 0 Å². The van der Waals surface area contributed by atoms with Crippen LogP contribution in [0.2, 0.25) is 0 Å². The molecule has 0 saturated carbocycles. The van der Waals surface area contributed by atoms with Gasteiger partial charge in [0.25, 0.3) is 0 Å². The summed E-state index contributed by atoms with van der Waals surface area (Å²) in [6.45, 7) is 4.06. The molecule has 0 aliphatic rings. The second-order valence-corrected chi connectivity index (χ2v) is 1.97. The zero-order chi connectivity index (χ0) is 5.98. The van der Waals surface area contributed by atoms with Crippen molar-refractivity contribution in [2.75, 3.05) is 0 Å². The fourth-order valence-corrected chi connectivity index (χ4v) is 0.687. The Morgan fingerprint density at radius 2 is 2.00 bits per heavy atom. The van der Waals surface area contributed by atoms with Gasteiger partial charge in [0.2, 0.25) is 0 Å². The minimum absolute atomic E-state index is 0. The van der Waals surface area contributed by atoms with Gasteiger partial charge in [-0.05, 0) is 31.5 Å². The fourth-order valence-electron chi connectivity index (χ4n) is 0.687. The number of pyridine rings is 1. The van der Waals surface area contributed by atoms with E-state index in [9.17, 15) is 0 Å². The summed E-state index contributed by atoms with van der Waals surface area (Å²) in [6, 6.07) is 4.05. The van der Waals surface area contributed by atoms with Crippen LogP contribution < -0.4 is 0 Å². The zero-order valence-electron chi connectivity index (χ0n) is 5.50. The molecule has 0 saturated heterocycles. The Bertz CT molecular complexity index is 169. The average Bonchev–Trinajstić information content (AvgIpc) is 1.64. The maximum absolute atomic E-state index is 4.04. The van der Waals surface area contributed by atoms with Gasteiger partial charge in [0.05, 0.1) is 0 Å². The molecular weight excluding hydrogens is 293 g/mol. The molecule has 9 heavy (non-hydrogen) atoms. The van der Waals surface area contributed by atoms with Crippen LogP contribution in [0.1, 0.15) is 11.3 Å². The smallest absolute Gasteiger partial charge is 0.262 e. The molecule has 0 bridgehead atoms. The van der Waals surface area contributed by atoms with Crippen molar-refractivity contribution in [1.82, 2.24) is 4.98 Å². The van der Waals surface area contributed by atoms with Crippen molar-refractivity contribution >= 4 is 0 Å². The third-order valence-electron chi connectivity index (χ3n) is 1.05. The Morgan fingerprint density at radius 1 is 1.33 bits per heavy atom. The van der Waals surface area contributed by atoms with Crippen molar-refractivity contribution in [2.24, 2.45) is 0 Å². The summed E-state index contributed by atoms with van der Waals surface area (Å²) < 4.78 is 0. The molecule has 1 nitrogen and oxygen atoms in total. The van der Waals surface area contributed by atoms with Gasteiger partial charge >= 0.3 is 21.1 Å². The summed E-state index contributed by atoms with van der Waals surface area (Å²) in [5.41, 5.74) is 2.36. The first-order valence-corrected chi connectivity index (χ1v) is 2.68. The van der Waals surface area contributed by atoms with Crippen LogP contribution in [0.4, 0.5) is 0 Å². The zero-order valence-corrected chi connectivity index (χ0v) is 7.77. The van der Waals surface area contributed by atoms with Crippen molar-refractivity contribution in [3.05, 3.63) is 29.6 Å². The number of hydrogen-bond donors (Lipinski definition) is 0. The number of aromatic nitrogens is 1. The summed E-state index contributed by atoms with van der Waals surface area (Å²) in [5, 5.41) is 0. The van der Waals surface area contributed by atoms with E-state index in [1.807, 2.05) is 19.2 Å². The summed E-state index contributed by atoms with van der Waals surface area (Å²) in [5.74, 6) is 0. The third kappa shape index (κ3) is 2.76. The molecule has 1 rings (SSSR count). The minimum Gasteiger partial charge on any atom is -0.262 e. The normalized spacial score (nSPS) is 8.22. The van der Waals surface area contributed by atoms with E-state index in [2.05, 4.69) is 18.0 Å². The van der Waals surface area contributed by atoms with E-state index in [1.165, 1.54) is 5.56 Å². The molecule has 0 amide bonds. The largest absolute Gasteiger partial charge is 2.00 e. The van der Waals surface area contributed by atoms with Crippen LogP contribution in [0.25, 0.3) is 0 Å². The van der Waals surface area contributed by atoms with Gasteiger partial charge < -0.3 is 0 Å². The fraction of sp³-hybridized carbons (Fsp3) is 0.286. The van der Waals surface area contributed by atoms with Crippen LogP contribution in [0.5, 0.6) is 0 Å². The van der Waals surface area contributed by atoms with Crippen molar-refractivity contribution in [1.29, 1.82) is 0 Å². The third-order valence-corrected chi connectivity index (χ3v) is 1.05. The van der Waals surface area contributed by atoms with Gasteiger partial charge in [-0.2, -0.15) is 0 Å². The molecule has 0 unspecified atom stereocenters. The van der Waals surface area contributed by atoms with Crippen LogP contribution in [-0.4, -0.2) is 4.98 Å². The van der Waals surface area contributed by atoms with Crippen LogP contribution in [0, 0.1) is 13.8 Å². The maximum atomic E-state index is 4.04. The van der Waals surface area contributed by atoms with E-state index >= 15 is 0 Å². The average molecular weight is 302 g/mol. The molecule has 0 spiro atoms. The Hall–Kier alpha value is -0.162. The molecule has 1 aromatic rings. The summed E-state index contributed by atoms with van der Waals surface area (Å²) in [6.07, 6.45) is 1.82. The second-order valence-electron chi connectivity index (χ2n) is 1.97. The van der Waals surface area contributed by atoms with Crippen molar-refractivity contribution in [3.8, 4) is 0 Å². The van der Waals surface area contributed by atoms with E-state index in [1.54, 1.807) is 0 Å². The number of aryl methyl sites for hydroxylation is 2. The van der Waals surface area contributed by atoms with Crippen LogP contribution >= 0.6 is 0 Å². The van der Waals surface area contributed by atoms with Gasteiger partial charge in [-0.3, -0.25) is 4.98 Å². The predicted octanol–water partition coefficient (Wildman–Crippen LogP) is 1.70. The molecule has 0 fully saturated rings. The molecule has 2 heteroatoms. The molecule has 1 aromatic heterocycles. The molecule has 0 aromatic carbocycles. The predicted molar refractivity (Wildman–Crippen MR) is 33.7 cm³/mol. The standard InChI is InChI=1S/C7H9N.Pt/c1-6-3-4-8-7(2)5-6;/h3-5H,1-2H3;/q;+2. The number of rotatable bonds is 0. The number of nitrogens with zero attached hydrogens (tertiary/aromatic N) is 1. The van der Waals surface area contributed by atoms with E-state index in [0.29, 0.717) is 0 Å². The Morgan fingerprint density at radius 3 is 2.33 bits per heavy atom. The first-order valence-electron chi connectivity index (χ1n) is 2.68. The monoisotopic (exact) mass is 302 g/mol. The quantitative estimate of drug-likeness (QED) is 0.711. The van der Waals surface area contributed by atoms with E-state index in [-0.39, 0.29) is 21.1 Å². The maximum Gasteiger partial charge on any atom is 2.00 e. The van der Waals surface area contributed by atoms with Crippen molar-refractivity contribution in [2.45, 2.75) is 13.8 Å². The first kappa shape index (κ1) is 8.84. The van der Waals surface area contributed by atoms with Crippen LogP contribution in [-0.2, 0) is 21.1 Å². The van der Waals surface area contributed by atoms with Crippen molar-refractivity contribution in [3.63, 3.8) is 0 Å². The van der Waals surface area contributed by atoms with Gasteiger partial charge in [-0.1, -0.05) is 0 Å². The second kappa shape index (κ2) is 3.79. The minimum atomic E-state index is 0. The Balaban J connectivity index is 0.000000640. The molecule has 0 atom stereocenters. The summed E-state index contributed by atoms with van der Waals surface area (Å²) in [4.78, 5) is 4.04. The Labute approximate surface area is 69.8 Å². The van der Waals surface area contributed by atoms with E-state index < -0.39 is 0 Å². The molecule has 50 valence electrons.